The molecule has 0 bridgehead atoms. The minimum Gasteiger partial charge on any atom is -0.497 e. The molecule has 1 fully saturated rings. The first-order chi connectivity index (χ1) is 15.4. The third kappa shape index (κ3) is 4.67. The number of hydrogen-bond donors (Lipinski definition) is 1. The predicted octanol–water partition coefficient (Wildman–Crippen LogP) is 2.02. The standard InChI is InChI=1S/C23H25N3O6/c1-15(27)18-11-20-21(32-14-31-20)12-19(18)24-22(28)13-25-7-9-26(10-8-25)23(29)16-3-5-17(30-2)6-4-16/h3-6,11-12H,7-10,13-14H2,1-2H3,(H,24,28). The molecule has 9 heteroatoms. The summed E-state index contributed by atoms with van der Waals surface area (Å²) in [6.07, 6.45) is 0. The van der Waals surface area contributed by atoms with Gasteiger partial charge in [0.1, 0.15) is 5.75 Å². The number of carbonyl (C=O) groups is 3. The van der Waals surface area contributed by atoms with Crippen molar-refractivity contribution in [2.24, 2.45) is 0 Å². The third-order valence-electron chi connectivity index (χ3n) is 5.53. The van der Waals surface area contributed by atoms with Gasteiger partial charge in [-0.15, -0.1) is 0 Å². The van der Waals surface area contributed by atoms with Crippen molar-refractivity contribution >= 4 is 23.3 Å². The van der Waals surface area contributed by atoms with Gasteiger partial charge in [0.25, 0.3) is 5.91 Å². The highest BCUT2D eigenvalue weighted by Gasteiger charge is 2.25. The van der Waals surface area contributed by atoms with Gasteiger partial charge in [0, 0.05) is 43.4 Å². The van der Waals surface area contributed by atoms with Crippen molar-refractivity contribution in [1.29, 1.82) is 0 Å². The van der Waals surface area contributed by atoms with Crippen LogP contribution in [-0.2, 0) is 4.79 Å². The average molecular weight is 439 g/mol. The lowest BCUT2D eigenvalue weighted by atomic mass is 10.1. The second-order valence-corrected chi connectivity index (χ2v) is 7.65. The number of anilines is 1. The van der Waals surface area contributed by atoms with Gasteiger partial charge in [-0.25, -0.2) is 0 Å². The van der Waals surface area contributed by atoms with E-state index in [9.17, 15) is 14.4 Å². The molecule has 2 aliphatic heterocycles. The van der Waals surface area contributed by atoms with E-state index in [1.807, 2.05) is 4.90 Å². The van der Waals surface area contributed by atoms with E-state index in [1.54, 1.807) is 48.4 Å². The lowest BCUT2D eigenvalue weighted by molar-refractivity contribution is -0.117. The van der Waals surface area contributed by atoms with Gasteiger partial charge in [0.15, 0.2) is 17.3 Å². The van der Waals surface area contributed by atoms with Crippen LogP contribution >= 0.6 is 0 Å². The van der Waals surface area contributed by atoms with E-state index in [-0.39, 0.29) is 30.9 Å². The van der Waals surface area contributed by atoms with Gasteiger partial charge in [-0.1, -0.05) is 0 Å². The van der Waals surface area contributed by atoms with Crippen molar-refractivity contribution < 1.29 is 28.6 Å². The van der Waals surface area contributed by atoms with Crippen molar-refractivity contribution in [2.75, 3.05) is 51.9 Å². The van der Waals surface area contributed by atoms with Gasteiger partial charge in [0.2, 0.25) is 12.7 Å². The molecule has 0 spiro atoms. The Morgan fingerprint density at radius 2 is 1.66 bits per heavy atom. The fourth-order valence-corrected chi connectivity index (χ4v) is 3.75. The first kappa shape index (κ1) is 21.6. The second kappa shape index (κ2) is 9.27. The zero-order chi connectivity index (χ0) is 22.7. The number of benzene rings is 2. The number of nitrogens with one attached hydrogen (secondary N) is 1. The number of amides is 2. The van der Waals surface area contributed by atoms with Crippen LogP contribution in [0.25, 0.3) is 0 Å². The fraction of sp³-hybridized carbons (Fsp3) is 0.348. The van der Waals surface area contributed by atoms with Crippen molar-refractivity contribution in [3.05, 3.63) is 47.5 Å². The van der Waals surface area contributed by atoms with E-state index in [1.165, 1.54) is 6.92 Å². The van der Waals surface area contributed by atoms with Gasteiger partial charge >= 0.3 is 0 Å². The van der Waals surface area contributed by atoms with Crippen LogP contribution in [0.1, 0.15) is 27.6 Å². The Morgan fingerprint density at radius 3 is 2.28 bits per heavy atom. The quantitative estimate of drug-likeness (QED) is 0.688. The highest BCUT2D eigenvalue weighted by molar-refractivity contribution is 6.05. The molecule has 2 aliphatic rings. The molecule has 168 valence electrons. The van der Waals surface area contributed by atoms with E-state index < -0.39 is 0 Å². The smallest absolute Gasteiger partial charge is 0.253 e. The maximum Gasteiger partial charge on any atom is 0.253 e. The van der Waals surface area contributed by atoms with Crippen LogP contribution in [0.2, 0.25) is 0 Å². The van der Waals surface area contributed by atoms with E-state index in [0.717, 1.165) is 0 Å². The van der Waals surface area contributed by atoms with Crippen LogP contribution in [0.5, 0.6) is 17.2 Å². The molecule has 0 atom stereocenters. The summed E-state index contributed by atoms with van der Waals surface area (Å²) in [6.45, 7) is 3.90. The minimum absolute atomic E-state index is 0.0387. The van der Waals surface area contributed by atoms with Gasteiger partial charge in [-0.2, -0.15) is 0 Å². The number of hydrogen-bond acceptors (Lipinski definition) is 7. The average Bonchev–Trinajstić information content (AvgIpc) is 3.26. The number of Topliss-reactive ketones (excluding diaryl/α,β-unsaturated/α-hetero) is 1. The molecule has 4 rings (SSSR count). The fourth-order valence-electron chi connectivity index (χ4n) is 3.75. The van der Waals surface area contributed by atoms with Crippen LogP contribution in [0.3, 0.4) is 0 Å². The Hall–Kier alpha value is -3.59. The Morgan fingerprint density at radius 1 is 1.00 bits per heavy atom. The molecule has 0 unspecified atom stereocenters. The summed E-state index contributed by atoms with van der Waals surface area (Å²) in [7, 11) is 1.58. The van der Waals surface area contributed by atoms with E-state index >= 15 is 0 Å². The maximum absolute atomic E-state index is 12.7. The molecule has 32 heavy (non-hydrogen) atoms. The zero-order valence-electron chi connectivity index (χ0n) is 18.1. The Labute approximate surface area is 185 Å². The Balaban J connectivity index is 1.32. The number of rotatable bonds is 6. The summed E-state index contributed by atoms with van der Waals surface area (Å²) in [4.78, 5) is 41.1. The van der Waals surface area contributed by atoms with Crippen molar-refractivity contribution in [2.45, 2.75) is 6.92 Å². The summed E-state index contributed by atoms with van der Waals surface area (Å²) in [5.41, 5.74) is 1.38. The van der Waals surface area contributed by atoms with E-state index in [2.05, 4.69) is 5.32 Å². The molecule has 2 aromatic carbocycles. The van der Waals surface area contributed by atoms with Crippen molar-refractivity contribution in [3.63, 3.8) is 0 Å². The predicted molar refractivity (Wildman–Crippen MR) is 117 cm³/mol. The lowest BCUT2D eigenvalue weighted by Crippen LogP contribution is -2.50. The molecule has 2 heterocycles. The van der Waals surface area contributed by atoms with Crippen molar-refractivity contribution in [3.8, 4) is 17.2 Å². The number of carbonyl (C=O) groups excluding carboxylic acids is 3. The molecule has 0 radical (unpaired) electrons. The molecular formula is C23H25N3O6. The first-order valence-electron chi connectivity index (χ1n) is 10.3. The largest absolute Gasteiger partial charge is 0.497 e. The highest BCUT2D eigenvalue weighted by atomic mass is 16.7. The summed E-state index contributed by atoms with van der Waals surface area (Å²) in [6, 6.07) is 10.2. The van der Waals surface area contributed by atoms with Gasteiger partial charge in [-0.3, -0.25) is 19.3 Å². The van der Waals surface area contributed by atoms with Crippen LogP contribution in [0, 0.1) is 0 Å². The molecular weight excluding hydrogens is 414 g/mol. The third-order valence-corrected chi connectivity index (χ3v) is 5.53. The highest BCUT2D eigenvalue weighted by Crippen LogP contribution is 2.37. The van der Waals surface area contributed by atoms with Gasteiger partial charge in [0.05, 0.1) is 19.3 Å². The number of ether oxygens (including phenoxy) is 3. The number of nitrogens with zero attached hydrogens (tertiary/aromatic N) is 2. The van der Waals surface area contributed by atoms with Crippen molar-refractivity contribution in [1.82, 2.24) is 9.80 Å². The summed E-state index contributed by atoms with van der Waals surface area (Å²) < 4.78 is 15.8. The monoisotopic (exact) mass is 439 g/mol. The Bertz CT molecular complexity index is 1030. The van der Waals surface area contributed by atoms with Crippen LogP contribution in [0.15, 0.2) is 36.4 Å². The number of ketones is 1. The summed E-state index contributed by atoms with van der Waals surface area (Å²) in [5, 5.41) is 2.81. The molecule has 1 N–H and O–H groups in total. The minimum atomic E-state index is -0.235. The van der Waals surface area contributed by atoms with Gasteiger partial charge in [-0.05, 0) is 37.3 Å². The van der Waals surface area contributed by atoms with E-state index in [4.69, 9.17) is 14.2 Å². The zero-order valence-corrected chi connectivity index (χ0v) is 18.1. The maximum atomic E-state index is 12.7. The molecule has 9 nitrogen and oxygen atoms in total. The topological polar surface area (TPSA) is 97.4 Å². The molecule has 2 amide bonds. The van der Waals surface area contributed by atoms with Gasteiger partial charge < -0.3 is 24.4 Å². The second-order valence-electron chi connectivity index (χ2n) is 7.65. The summed E-state index contributed by atoms with van der Waals surface area (Å²) >= 11 is 0. The van der Waals surface area contributed by atoms with Crippen LogP contribution in [0.4, 0.5) is 5.69 Å². The lowest BCUT2D eigenvalue weighted by Gasteiger charge is -2.34. The Kier molecular flexibility index (Phi) is 6.27. The SMILES string of the molecule is COc1ccc(C(=O)N2CCN(CC(=O)Nc3cc4c(cc3C(C)=O)OCO4)CC2)cc1. The number of fused-ring (bicyclic) bond motifs is 1. The molecule has 2 aromatic rings. The summed E-state index contributed by atoms with van der Waals surface area (Å²) in [5.74, 6) is 1.24. The first-order valence-corrected chi connectivity index (χ1v) is 10.3. The number of methoxy groups -OCH3 is 1. The molecule has 0 aromatic heterocycles. The number of piperazine rings is 1. The van der Waals surface area contributed by atoms with Crippen LogP contribution in [-0.4, -0.2) is 74.0 Å². The van der Waals surface area contributed by atoms with Crippen LogP contribution < -0.4 is 19.5 Å². The molecule has 0 saturated carbocycles. The normalized spacial score (nSPS) is 15.4. The molecule has 1 saturated heterocycles. The molecule has 0 aliphatic carbocycles. The van der Waals surface area contributed by atoms with E-state index in [0.29, 0.717) is 60.2 Å².